The van der Waals surface area contributed by atoms with Gasteiger partial charge in [-0.1, -0.05) is 37.0 Å². The predicted octanol–water partition coefficient (Wildman–Crippen LogP) is 3.02. The van der Waals surface area contributed by atoms with Crippen LogP contribution in [0.15, 0.2) is 18.2 Å². The highest BCUT2D eigenvalue weighted by atomic mass is 35.5. The number of aliphatic hydroxyl groups excluding tert-OH is 2. The minimum atomic E-state index is -0.717. The molecule has 5 heteroatoms. The van der Waals surface area contributed by atoms with Gasteiger partial charge in [0.25, 0.3) is 0 Å². The molecule has 2 unspecified atom stereocenters. The average Bonchev–Trinajstić information content (AvgIpc) is 2.36. The van der Waals surface area contributed by atoms with Crippen LogP contribution in [0.25, 0.3) is 0 Å². The van der Waals surface area contributed by atoms with Crippen LogP contribution in [-0.2, 0) is 0 Å². The summed E-state index contributed by atoms with van der Waals surface area (Å²) < 4.78 is 0. The van der Waals surface area contributed by atoms with Gasteiger partial charge in [0.1, 0.15) is 0 Å². The first-order valence-electron chi connectivity index (χ1n) is 6.43. The molecule has 0 heterocycles. The molecule has 3 nitrogen and oxygen atoms in total. The van der Waals surface area contributed by atoms with Crippen LogP contribution in [0.2, 0.25) is 10.0 Å². The zero-order valence-corrected chi connectivity index (χ0v) is 12.7. The van der Waals surface area contributed by atoms with Crippen LogP contribution < -0.4 is 5.32 Å². The van der Waals surface area contributed by atoms with E-state index in [0.717, 1.165) is 0 Å². The van der Waals surface area contributed by atoms with Crippen molar-refractivity contribution in [3.63, 3.8) is 0 Å². The molecule has 19 heavy (non-hydrogen) atoms. The van der Waals surface area contributed by atoms with Crippen molar-refractivity contribution in [2.24, 2.45) is 5.92 Å². The van der Waals surface area contributed by atoms with E-state index in [2.05, 4.69) is 19.2 Å². The van der Waals surface area contributed by atoms with Crippen molar-refractivity contribution in [2.45, 2.75) is 32.4 Å². The SMILES string of the molecule is CC(C)C(CCO)NCC(O)c1cc(Cl)ccc1Cl. The van der Waals surface area contributed by atoms with Crippen molar-refractivity contribution in [3.8, 4) is 0 Å². The Morgan fingerprint density at radius 1 is 1.26 bits per heavy atom. The van der Waals surface area contributed by atoms with Gasteiger partial charge in [-0.15, -0.1) is 0 Å². The third-order valence-electron chi connectivity index (χ3n) is 3.14. The van der Waals surface area contributed by atoms with Crippen LogP contribution in [0.1, 0.15) is 31.9 Å². The third kappa shape index (κ3) is 5.28. The molecule has 2 atom stereocenters. The van der Waals surface area contributed by atoms with Gasteiger partial charge in [-0.05, 0) is 30.5 Å². The maximum absolute atomic E-state index is 10.2. The fourth-order valence-electron chi connectivity index (χ4n) is 1.95. The zero-order chi connectivity index (χ0) is 14.4. The molecule has 0 radical (unpaired) electrons. The van der Waals surface area contributed by atoms with Crippen molar-refractivity contribution in [1.82, 2.24) is 5.32 Å². The first-order chi connectivity index (χ1) is 8.95. The van der Waals surface area contributed by atoms with Gasteiger partial charge in [0.2, 0.25) is 0 Å². The lowest BCUT2D eigenvalue weighted by atomic mass is 10.0. The Kier molecular flexibility index (Phi) is 7.11. The van der Waals surface area contributed by atoms with E-state index < -0.39 is 6.10 Å². The van der Waals surface area contributed by atoms with Gasteiger partial charge in [0.05, 0.1) is 6.10 Å². The summed E-state index contributed by atoms with van der Waals surface area (Å²) in [6, 6.07) is 5.21. The Morgan fingerprint density at radius 3 is 2.53 bits per heavy atom. The molecule has 108 valence electrons. The number of halogens is 2. The minimum Gasteiger partial charge on any atom is -0.396 e. The van der Waals surface area contributed by atoms with Crippen molar-refractivity contribution >= 4 is 23.2 Å². The number of rotatable bonds is 7. The Labute approximate surface area is 124 Å². The van der Waals surface area contributed by atoms with Gasteiger partial charge < -0.3 is 15.5 Å². The number of aliphatic hydroxyl groups is 2. The van der Waals surface area contributed by atoms with E-state index in [1.54, 1.807) is 18.2 Å². The van der Waals surface area contributed by atoms with E-state index in [9.17, 15) is 5.11 Å². The smallest absolute Gasteiger partial charge is 0.0929 e. The number of benzene rings is 1. The Balaban J connectivity index is 2.63. The third-order valence-corrected chi connectivity index (χ3v) is 3.71. The highest BCUT2D eigenvalue weighted by Gasteiger charge is 2.16. The van der Waals surface area contributed by atoms with Crippen molar-refractivity contribution in [3.05, 3.63) is 33.8 Å². The fourth-order valence-corrected chi connectivity index (χ4v) is 2.38. The molecular weight excluding hydrogens is 285 g/mol. The van der Waals surface area contributed by atoms with E-state index >= 15 is 0 Å². The van der Waals surface area contributed by atoms with Crippen LogP contribution in [0.4, 0.5) is 0 Å². The molecule has 0 bridgehead atoms. The van der Waals surface area contributed by atoms with Crippen LogP contribution in [0.5, 0.6) is 0 Å². The van der Waals surface area contributed by atoms with E-state index in [4.69, 9.17) is 28.3 Å². The van der Waals surface area contributed by atoms with Gasteiger partial charge in [-0.3, -0.25) is 0 Å². The molecule has 0 saturated carbocycles. The Morgan fingerprint density at radius 2 is 1.95 bits per heavy atom. The molecule has 0 aromatic heterocycles. The minimum absolute atomic E-state index is 0.129. The van der Waals surface area contributed by atoms with E-state index in [1.807, 2.05) is 0 Å². The second-order valence-electron chi connectivity index (χ2n) is 4.95. The second-order valence-corrected chi connectivity index (χ2v) is 5.80. The van der Waals surface area contributed by atoms with Gasteiger partial charge in [0, 0.05) is 34.8 Å². The Bertz CT molecular complexity index is 399. The molecule has 0 fully saturated rings. The zero-order valence-electron chi connectivity index (χ0n) is 11.2. The summed E-state index contributed by atoms with van der Waals surface area (Å²) in [4.78, 5) is 0. The quantitative estimate of drug-likeness (QED) is 0.726. The standard InChI is InChI=1S/C14H21Cl2NO2/c1-9(2)13(5-6-18)17-8-14(19)11-7-10(15)3-4-12(11)16/h3-4,7,9,13-14,17-19H,5-6,8H2,1-2H3. The lowest BCUT2D eigenvalue weighted by Crippen LogP contribution is -2.37. The van der Waals surface area contributed by atoms with Crippen molar-refractivity contribution < 1.29 is 10.2 Å². The van der Waals surface area contributed by atoms with Crippen LogP contribution >= 0.6 is 23.2 Å². The highest BCUT2D eigenvalue weighted by Crippen LogP contribution is 2.26. The number of hydrogen-bond acceptors (Lipinski definition) is 3. The van der Waals surface area contributed by atoms with E-state index in [1.165, 1.54) is 0 Å². The summed E-state index contributed by atoms with van der Waals surface area (Å²) in [6.07, 6.45) is -0.0562. The molecule has 1 aromatic rings. The lowest BCUT2D eigenvalue weighted by Gasteiger charge is -2.23. The molecule has 1 rings (SSSR count). The molecule has 0 saturated heterocycles. The van der Waals surface area contributed by atoms with Gasteiger partial charge in [0.15, 0.2) is 0 Å². The molecule has 0 aliphatic heterocycles. The maximum Gasteiger partial charge on any atom is 0.0929 e. The number of nitrogens with one attached hydrogen (secondary N) is 1. The van der Waals surface area contributed by atoms with E-state index in [-0.39, 0.29) is 12.6 Å². The van der Waals surface area contributed by atoms with E-state index in [0.29, 0.717) is 34.5 Å². The van der Waals surface area contributed by atoms with Crippen LogP contribution in [0, 0.1) is 5.92 Å². The summed E-state index contributed by atoms with van der Waals surface area (Å²) in [5.41, 5.74) is 0.619. The molecule has 0 spiro atoms. The summed E-state index contributed by atoms with van der Waals surface area (Å²) >= 11 is 11.9. The predicted molar refractivity (Wildman–Crippen MR) is 79.8 cm³/mol. The monoisotopic (exact) mass is 305 g/mol. The van der Waals surface area contributed by atoms with Gasteiger partial charge in [-0.2, -0.15) is 0 Å². The molecule has 0 aliphatic carbocycles. The molecule has 0 amide bonds. The lowest BCUT2D eigenvalue weighted by molar-refractivity contribution is 0.159. The van der Waals surface area contributed by atoms with Crippen LogP contribution in [0.3, 0.4) is 0 Å². The first kappa shape index (κ1) is 16.7. The topological polar surface area (TPSA) is 52.5 Å². The summed E-state index contributed by atoms with van der Waals surface area (Å²) in [6.45, 7) is 4.66. The highest BCUT2D eigenvalue weighted by molar-refractivity contribution is 6.33. The summed E-state index contributed by atoms with van der Waals surface area (Å²) in [5.74, 6) is 0.384. The van der Waals surface area contributed by atoms with Gasteiger partial charge in [-0.25, -0.2) is 0 Å². The Hall–Kier alpha value is -0.320. The normalized spacial score (nSPS) is 14.7. The largest absolute Gasteiger partial charge is 0.396 e. The number of hydrogen-bond donors (Lipinski definition) is 3. The molecular formula is C14H21Cl2NO2. The van der Waals surface area contributed by atoms with Crippen molar-refractivity contribution in [2.75, 3.05) is 13.2 Å². The second kappa shape index (κ2) is 8.08. The fraction of sp³-hybridized carbons (Fsp3) is 0.571. The maximum atomic E-state index is 10.2. The van der Waals surface area contributed by atoms with Crippen molar-refractivity contribution in [1.29, 1.82) is 0 Å². The summed E-state index contributed by atoms with van der Waals surface area (Å²) in [5, 5.41) is 23.5. The molecule has 0 aliphatic rings. The molecule has 3 N–H and O–H groups in total. The van der Waals surface area contributed by atoms with Crippen LogP contribution in [-0.4, -0.2) is 29.4 Å². The van der Waals surface area contributed by atoms with Gasteiger partial charge >= 0.3 is 0 Å². The average molecular weight is 306 g/mol. The first-order valence-corrected chi connectivity index (χ1v) is 7.18. The molecule has 1 aromatic carbocycles. The summed E-state index contributed by atoms with van der Waals surface area (Å²) in [7, 11) is 0.